The van der Waals surface area contributed by atoms with Crippen molar-refractivity contribution in [1.82, 2.24) is 14.5 Å². The number of aromatic nitrogens is 2. The SMILES string of the molecule is CCc1ccc(-c2ccc(N3CCN(S(=O)(=O)c4ccc(Cl)cc4)CC3)nn2)cc1. The van der Waals surface area contributed by atoms with Crippen LogP contribution in [0.5, 0.6) is 0 Å². The summed E-state index contributed by atoms with van der Waals surface area (Å²) in [5.41, 5.74) is 3.14. The van der Waals surface area contributed by atoms with Crippen LogP contribution < -0.4 is 4.90 Å². The molecule has 1 aliphatic heterocycles. The minimum atomic E-state index is -3.52. The van der Waals surface area contributed by atoms with Gasteiger partial charge in [-0.05, 0) is 48.4 Å². The number of hydrogen-bond acceptors (Lipinski definition) is 5. The molecule has 3 aromatic rings. The van der Waals surface area contributed by atoms with Gasteiger partial charge in [-0.25, -0.2) is 8.42 Å². The van der Waals surface area contributed by atoms with Crippen LogP contribution in [0.15, 0.2) is 65.6 Å². The van der Waals surface area contributed by atoms with Gasteiger partial charge in [-0.15, -0.1) is 10.2 Å². The van der Waals surface area contributed by atoms with Crippen molar-refractivity contribution in [3.63, 3.8) is 0 Å². The fraction of sp³-hybridized carbons (Fsp3) is 0.273. The molecule has 2 heterocycles. The Labute approximate surface area is 182 Å². The number of nitrogens with zero attached hydrogens (tertiary/aromatic N) is 4. The number of aryl methyl sites for hydroxylation is 1. The molecule has 156 valence electrons. The van der Waals surface area contributed by atoms with Crippen molar-refractivity contribution in [3.05, 3.63) is 71.2 Å². The largest absolute Gasteiger partial charge is 0.352 e. The summed E-state index contributed by atoms with van der Waals surface area (Å²) in [6.45, 7) is 4.04. The summed E-state index contributed by atoms with van der Waals surface area (Å²) in [4.78, 5) is 2.32. The maximum atomic E-state index is 12.8. The zero-order valence-corrected chi connectivity index (χ0v) is 18.3. The monoisotopic (exact) mass is 442 g/mol. The maximum absolute atomic E-state index is 12.8. The lowest BCUT2D eigenvalue weighted by Crippen LogP contribution is -2.48. The van der Waals surface area contributed by atoms with E-state index in [1.54, 1.807) is 24.3 Å². The highest BCUT2D eigenvalue weighted by Gasteiger charge is 2.29. The highest BCUT2D eigenvalue weighted by molar-refractivity contribution is 7.89. The minimum Gasteiger partial charge on any atom is -0.352 e. The summed E-state index contributed by atoms with van der Waals surface area (Å²) in [7, 11) is -3.52. The predicted molar refractivity (Wildman–Crippen MR) is 119 cm³/mol. The molecule has 30 heavy (non-hydrogen) atoms. The van der Waals surface area contributed by atoms with Crippen molar-refractivity contribution >= 4 is 27.4 Å². The molecule has 0 spiro atoms. The molecule has 1 aliphatic rings. The molecule has 8 heteroatoms. The van der Waals surface area contributed by atoms with E-state index in [1.165, 1.54) is 9.87 Å². The van der Waals surface area contributed by atoms with Crippen molar-refractivity contribution < 1.29 is 8.42 Å². The molecule has 0 atom stereocenters. The van der Waals surface area contributed by atoms with Gasteiger partial charge in [0, 0.05) is 36.8 Å². The number of anilines is 1. The standard InChI is InChI=1S/C22H23ClN4O2S/c1-2-17-3-5-18(6-4-17)21-11-12-22(25-24-21)26-13-15-27(16-14-26)30(28,29)20-9-7-19(23)8-10-20/h3-12H,2,13-16H2,1H3. The van der Waals surface area contributed by atoms with Gasteiger partial charge in [-0.2, -0.15) is 4.31 Å². The third-order valence-electron chi connectivity index (χ3n) is 5.32. The first-order chi connectivity index (χ1) is 14.5. The molecule has 0 unspecified atom stereocenters. The molecule has 6 nitrogen and oxygen atoms in total. The molecule has 0 amide bonds. The molecule has 4 rings (SSSR count). The average molecular weight is 443 g/mol. The molecule has 0 bridgehead atoms. The van der Waals surface area contributed by atoms with Crippen LogP contribution in [-0.2, 0) is 16.4 Å². The van der Waals surface area contributed by atoms with Crippen LogP contribution in [0, 0.1) is 0 Å². The summed E-state index contributed by atoms with van der Waals surface area (Å²) in [5, 5.41) is 9.25. The van der Waals surface area contributed by atoms with Crippen molar-refractivity contribution in [3.8, 4) is 11.3 Å². The molecule has 0 radical (unpaired) electrons. The number of piperazine rings is 1. The maximum Gasteiger partial charge on any atom is 0.243 e. The zero-order chi connectivity index (χ0) is 21.1. The number of rotatable bonds is 5. The second-order valence-corrected chi connectivity index (χ2v) is 9.55. The second kappa shape index (κ2) is 8.71. The van der Waals surface area contributed by atoms with Crippen LogP contribution in [0.3, 0.4) is 0 Å². The highest BCUT2D eigenvalue weighted by Crippen LogP contribution is 2.23. The molecule has 2 aromatic carbocycles. The zero-order valence-electron chi connectivity index (χ0n) is 16.7. The number of hydrogen-bond donors (Lipinski definition) is 0. The molecule has 0 N–H and O–H groups in total. The van der Waals surface area contributed by atoms with E-state index in [-0.39, 0.29) is 4.90 Å². The van der Waals surface area contributed by atoms with Crippen molar-refractivity contribution in [1.29, 1.82) is 0 Å². The molecular formula is C22H23ClN4O2S. The third kappa shape index (κ3) is 4.33. The molecule has 1 aromatic heterocycles. The Hall–Kier alpha value is -2.48. The first-order valence-corrected chi connectivity index (χ1v) is 11.7. The van der Waals surface area contributed by atoms with Crippen LogP contribution in [-0.4, -0.2) is 49.1 Å². The highest BCUT2D eigenvalue weighted by atomic mass is 35.5. The Balaban J connectivity index is 1.42. The lowest BCUT2D eigenvalue weighted by atomic mass is 10.1. The van der Waals surface area contributed by atoms with Gasteiger partial charge >= 0.3 is 0 Å². The summed E-state index contributed by atoms with van der Waals surface area (Å²) >= 11 is 5.87. The molecule has 1 saturated heterocycles. The van der Waals surface area contributed by atoms with Gasteiger partial charge in [0.15, 0.2) is 5.82 Å². The van der Waals surface area contributed by atoms with E-state index >= 15 is 0 Å². The van der Waals surface area contributed by atoms with Gasteiger partial charge < -0.3 is 4.90 Å². The van der Waals surface area contributed by atoms with Gasteiger partial charge in [0.2, 0.25) is 10.0 Å². The number of halogens is 1. The van der Waals surface area contributed by atoms with E-state index in [4.69, 9.17) is 11.6 Å². The van der Waals surface area contributed by atoms with E-state index in [9.17, 15) is 8.42 Å². The first kappa shape index (κ1) is 20.8. The second-order valence-electron chi connectivity index (χ2n) is 7.17. The molecule has 0 saturated carbocycles. The first-order valence-electron chi connectivity index (χ1n) is 9.91. The van der Waals surface area contributed by atoms with Crippen molar-refractivity contribution in [2.75, 3.05) is 31.1 Å². The van der Waals surface area contributed by atoms with E-state index in [1.807, 2.05) is 12.1 Å². The van der Waals surface area contributed by atoms with Gasteiger partial charge in [-0.1, -0.05) is 42.8 Å². The predicted octanol–water partition coefficient (Wildman–Crippen LogP) is 3.87. The van der Waals surface area contributed by atoms with Crippen LogP contribution in [0.2, 0.25) is 5.02 Å². The Bertz CT molecular complexity index is 1090. The molecule has 1 fully saturated rings. The van der Waals surface area contributed by atoms with Crippen molar-refractivity contribution in [2.24, 2.45) is 0 Å². The smallest absolute Gasteiger partial charge is 0.243 e. The fourth-order valence-corrected chi connectivity index (χ4v) is 5.02. The molecular weight excluding hydrogens is 420 g/mol. The number of benzene rings is 2. The fourth-order valence-electron chi connectivity index (χ4n) is 3.47. The lowest BCUT2D eigenvalue weighted by Gasteiger charge is -2.34. The van der Waals surface area contributed by atoms with Gasteiger partial charge in [-0.3, -0.25) is 0 Å². The lowest BCUT2D eigenvalue weighted by molar-refractivity contribution is 0.383. The van der Waals surface area contributed by atoms with Gasteiger partial charge in [0.25, 0.3) is 0 Å². The quantitative estimate of drug-likeness (QED) is 0.600. The van der Waals surface area contributed by atoms with E-state index in [0.29, 0.717) is 31.2 Å². The topological polar surface area (TPSA) is 66.4 Å². The van der Waals surface area contributed by atoms with Crippen LogP contribution >= 0.6 is 11.6 Å². The Kier molecular flexibility index (Phi) is 6.04. The van der Waals surface area contributed by atoms with Crippen molar-refractivity contribution in [2.45, 2.75) is 18.2 Å². The van der Waals surface area contributed by atoms with Crippen LogP contribution in [0.1, 0.15) is 12.5 Å². The number of sulfonamides is 1. The average Bonchev–Trinajstić information content (AvgIpc) is 2.80. The van der Waals surface area contributed by atoms with Gasteiger partial charge in [0.1, 0.15) is 0 Å². The summed E-state index contributed by atoms with van der Waals surface area (Å²) < 4.78 is 27.2. The summed E-state index contributed by atoms with van der Waals surface area (Å²) in [5.74, 6) is 0.757. The van der Waals surface area contributed by atoms with Crippen LogP contribution in [0.4, 0.5) is 5.82 Å². The van der Waals surface area contributed by atoms with E-state index in [2.05, 4.69) is 46.3 Å². The van der Waals surface area contributed by atoms with E-state index < -0.39 is 10.0 Å². The van der Waals surface area contributed by atoms with Gasteiger partial charge in [0.05, 0.1) is 10.6 Å². The Morgan fingerprint density at radius 3 is 2.10 bits per heavy atom. The molecule has 0 aliphatic carbocycles. The summed E-state index contributed by atoms with van der Waals surface area (Å²) in [6.07, 6.45) is 1.00. The normalized spacial score (nSPS) is 15.3. The Morgan fingerprint density at radius 1 is 0.867 bits per heavy atom. The minimum absolute atomic E-state index is 0.263. The third-order valence-corrected chi connectivity index (χ3v) is 7.49. The summed E-state index contributed by atoms with van der Waals surface area (Å²) in [6, 6.07) is 18.5. The Morgan fingerprint density at radius 2 is 1.53 bits per heavy atom. The van der Waals surface area contributed by atoms with E-state index in [0.717, 1.165) is 23.5 Å². The van der Waals surface area contributed by atoms with Crippen LogP contribution in [0.25, 0.3) is 11.3 Å².